The fraction of sp³-hybridized carbons (Fsp3) is 0.0909. The largest absolute Gasteiger partial charge is 0.364 e. The third kappa shape index (κ3) is 1.03. The number of rotatable bonds is 2. The third-order valence-electron chi connectivity index (χ3n) is 2.04. The highest BCUT2D eigenvalue weighted by Gasteiger charge is 1.98. The number of allylic oxidation sites excluding steroid dienone is 1. The smallest absolute Gasteiger partial charge is 0.0265 e. The van der Waals surface area contributed by atoms with Crippen molar-refractivity contribution >= 4 is 10.8 Å². The quantitative estimate of drug-likeness (QED) is 0.645. The molecule has 1 N–H and O–H groups in total. The number of H-pyrrole nitrogens is 1. The van der Waals surface area contributed by atoms with Crippen molar-refractivity contribution in [2.24, 2.45) is 0 Å². The van der Waals surface area contributed by atoms with Gasteiger partial charge in [0.25, 0.3) is 0 Å². The van der Waals surface area contributed by atoms with Gasteiger partial charge < -0.3 is 4.98 Å². The van der Waals surface area contributed by atoms with Crippen LogP contribution in [0.1, 0.15) is 5.69 Å². The van der Waals surface area contributed by atoms with Gasteiger partial charge in [0.15, 0.2) is 0 Å². The van der Waals surface area contributed by atoms with Crippen LogP contribution in [0.25, 0.3) is 10.8 Å². The van der Waals surface area contributed by atoms with Crippen molar-refractivity contribution < 1.29 is 0 Å². The zero-order chi connectivity index (χ0) is 8.39. The van der Waals surface area contributed by atoms with E-state index in [4.69, 9.17) is 0 Å². The van der Waals surface area contributed by atoms with Crippen molar-refractivity contribution in [2.45, 2.75) is 6.42 Å². The van der Waals surface area contributed by atoms with E-state index in [1.807, 2.05) is 18.3 Å². The lowest BCUT2D eigenvalue weighted by Crippen LogP contribution is -1.79. The lowest BCUT2D eigenvalue weighted by Gasteiger charge is -1.92. The van der Waals surface area contributed by atoms with Crippen LogP contribution in [0, 0.1) is 0 Å². The summed E-state index contributed by atoms with van der Waals surface area (Å²) in [6.45, 7) is 3.72. The van der Waals surface area contributed by atoms with Crippen molar-refractivity contribution in [1.29, 1.82) is 0 Å². The second-order valence-electron chi connectivity index (χ2n) is 2.85. The molecule has 0 unspecified atom stereocenters. The Bertz CT molecular complexity index is 398. The Balaban J connectivity index is 2.62. The van der Waals surface area contributed by atoms with Gasteiger partial charge in [-0.15, -0.1) is 6.58 Å². The number of fused-ring (bicyclic) bond motifs is 1. The molecule has 0 atom stereocenters. The van der Waals surface area contributed by atoms with E-state index in [9.17, 15) is 0 Å². The summed E-state index contributed by atoms with van der Waals surface area (Å²) in [5.41, 5.74) is 1.25. The maximum atomic E-state index is 3.72. The zero-order valence-corrected chi connectivity index (χ0v) is 6.88. The molecule has 0 spiro atoms. The molecule has 0 radical (unpaired) electrons. The summed E-state index contributed by atoms with van der Waals surface area (Å²) in [6.07, 6.45) is 4.86. The summed E-state index contributed by atoms with van der Waals surface area (Å²) in [6, 6.07) is 8.35. The Hall–Kier alpha value is -1.50. The second-order valence-corrected chi connectivity index (χ2v) is 2.85. The fourth-order valence-electron chi connectivity index (χ4n) is 1.45. The number of hydrogen-bond donors (Lipinski definition) is 1. The van der Waals surface area contributed by atoms with Crippen LogP contribution < -0.4 is 0 Å². The molecule has 1 heteroatoms. The van der Waals surface area contributed by atoms with Crippen molar-refractivity contribution in [1.82, 2.24) is 4.98 Å². The second kappa shape index (κ2) is 2.86. The molecule has 1 aromatic heterocycles. The Kier molecular flexibility index (Phi) is 1.71. The van der Waals surface area contributed by atoms with E-state index in [0.717, 1.165) is 6.42 Å². The van der Waals surface area contributed by atoms with E-state index in [1.165, 1.54) is 16.5 Å². The highest BCUT2D eigenvalue weighted by atomic mass is 14.7. The van der Waals surface area contributed by atoms with E-state index in [1.54, 1.807) is 0 Å². The van der Waals surface area contributed by atoms with Crippen molar-refractivity contribution in [3.63, 3.8) is 0 Å². The van der Waals surface area contributed by atoms with E-state index < -0.39 is 0 Å². The standard InChI is InChI=1S/C11H11N/c1-2-5-11-10-7-4-3-6-9(10)8-12-11/h2-4,6-8,12H,1,5H2. The molecule has 0 saturated carbocycles. The Morgan fingerprint density at radius 3 is 3.00 bits per heavy atom. The molecular formula is C11H11N. The molecular weight excluding hydrogens is 146 g/mol. The molecule has 0 bridgehead atoms. The van der Waals surface area contributed by atoms with Crippen molar-refractivity contribution in [2.75, 3.05) is 0 Å². The first kappa shape index (κ1) is 7.17. The van der Waals surface area contributed by atoms with Gasteiger partial charge in [-0.1, -0.05) is 30.3 Å². The minimum Gasteiger partial charge on any atom is -0.364 e. The van der Waals surface area contributed by atoms with E-state index in [-0.39, 0.29) is 0 Å². The van der Waals surface area contributed by atoms with Gasteiger partial charge in [0.2, 0.25) is 0 Å². The lowest BCUT2D eigenvalue weighted by molar-refractivity contribution is 1.17. The Morgan fingerprint density at radius 2 is 2.17 bits per heavy atom. The van der Waals surface area contributed by atoms with Crippen LogP contribution in [0.4, 0.5) is 0 Å². The average molecular weight is 157 g/mol. The number of hydrogen-bond acceptors (Lipinski definition) is 0. The highest BCUT2D eigenvalue weighted by Crippen LogP contribution is 2.17. The molecule has 1 nitrogen and oxygen atoms in total. The summed E-state index contributed by atoms with van der Waals surface area (Å²) in [4.78, 5) is 3.24. The summed E-state index contributed by atoms with van der Waals surface area (Å²) in [7, 11) is 0. The molecule has 1 aromatic carbocycles. The van der Waals surface area contributed by atoms with Crippen molar-refractivity contribution in [3.8, 4) is 0 Å². The van der Waals surface area contributed by atoms with Gasteiger partial charge in [0.1, 0.15) is 0 Å². The van der Waals surface area contributed by atoms with Crippen LogP contribution in [-0.2, 0) is 6.42 Å². The third-order valence-corrected chi connectivity index (χ3v) is 2.04. The fourth-order valence-corrected chi connectivity index (χ4v) is 1.45. The predicted molar refractivity (Wildman–Crippen MR) is 52.2 cm³/mol. The first-order chi connectivity index (χ1) is 5.92. The first-order valence-electron chi connectivity index (χ1n) is 4.07. The molecule has 60 valence electrons. The molecule has 2 rings (SSSR count). The van der Waals surface area contributed by atoms with E-state index in [0.29, 0.717) is 0 Å². The van der Waals surface area contributed by atoms with Gasteiger partial charge >= 0.3 is 0 Å². The minimum absolute atomic E-state index is 0.910. The van der Waals surface area contributed by atoms with Gasteiger partial charge in [-0.25, -0.2) is 0 Å². The molecule has 1 heterocycles. The van der Waals surface area contributed by atoms with Crippen LogP contribution in [0.5, 0.6) is 0 Å². The maximum absolute atomic E-state index is 3.72. The number of aromatic amines is 1. The SMILES string of the molecule is C=CCc1[nH]cc2ccccc12. The van der Waals surface area contributed by atoms with E-state index in [2.05, 4.69) is 29.8 Å². The van der Waals surface area contributed by atoms with Crippen LogP contribution >= 0.6 is 0 Å². The molecule has 0 aliphatic rings. The van der Waals surface area contributed by atoms with Gasteiger partial charge in [0.05, 0.1) is 0 Å². The molecule has 0 aliphatic heterocycles. The Labute approximate surface area is 71.7 Å². The van der Waals surface area contributed by atoms with Gasteiger partial charge in [-0.05, 0) is 5.39 Å². The van der Waals surface area contributed by atoms with Crippen LogP contribution in [0.3, 0.4) is 0 Å². The zero-order valence-electron chi connectivity index (χ0n) is 6.88. The average Bonchev–Trinajstić information content (AvgIpc) is 2.50. The predicted octanol–water partition coefficient (Wildman–Crippen LogP) is 2.90. The summed E-state index contributed by atoms with van der Waals surface area (Å²) in [5.74, 6) is 0. The Morgan fingerprint density at radius 1 is 1.33 bits per heavy atom. The lowest BCUT2D eigenvalue weighted by atomic mass is 10.1. The van der Waals surface area contributed by atoms with E-state index >= 15 is 0 Å². The maximum Gasteiger partial charge on any atom is 0.0265 e. The van der Waals surface area contributed by atoms with Crippen LogP contribution in [0.2, 0.25) is 0 Å². The first-order valence-corrected chi connectivity index (χ1v) is 4.07. The summed E-state index contributed by atoms with van der Waals surface area (Å²) < 4.78 is 0. The molecule has 0 aliphatic carbocycles. The molecule has 0 saturated heterocycles. The molecule has 2 aromatic rings. The van der Waals surface area contributed by atoms with Gasteiger partial charge in [-0.3, -0.25) is 0 Å². The highest BCUT2D eigenvalue weighted by molar-refractivity contribution is 5.85. The summed E-state index contributed by atoms with van der Waals surface area (Å²) >= 11 is 0. The van der Waals surface area contributed by atoms with Gasteiger partial charge in [0, 0.05) is 23.7 Å². The van der Waals surface area contributed by atoms with Crippen molar-refractivity contribution in [3.05, 3.63) is 48.8 Å². The van der Waals surface area contributed by atoms with Gasteiger partial charge in [-0.2, -0.15) is 0 Å². The molecule has 12 heavy (non-hydrogen) atoms. The van der Waals surface area contributed by atoms with Crippen LogP contribution in [0.15, 0.2) is 43.1 Å². The number of nitrogens with one attached hydrogen (secondary N) is 1. The monoisotopic (exact) mass is 157 g/mol. The topological polar surface area (TPSA) is 15.8 Å². The number of aromatic nitrogens is 1. The van der Waals surface area contributed by atoms with Crippen LogP contribution in [-0.4, -0.2) is 4.98 Å². The number of benzene rings is 1. The molecule has 0 fully saturated rings. The summed E-state index contributed by atoms with van der Waals surface area (Å²) in [5, 5.41) is 2.58. The molecule has 0 amide bonds. The minimum atomic E-state index is 0.910. The normalized spacial score (nSPS) is 10.3.